The summed E-state index contributed by atoms with van der Waals surface area (Å²) in [5.74, 6) is 0.248. The van der Waals surface area contributed by atoms with Crippen LogP contribution in [0.5, 0.6) is 5.75 Å². The number of hydrogen-bond acceptors (Lipinski definition) is 2. The first kappa shape index (κ1) is 13.1. The van der Waals surface area contributed by atoms with Gasteiger partial charge >= 0.3 is 0 Å². The molecule has 2 rings (SSSR count). The van der Waals surface area contributed by atoms with E-state index in [0.29, 0.717) is 5.56 Å². The summed E-state index contributed by atoms with van der Waals surface area (Å²) in [6.45, 7) is 3.66. The zero-order valence-corrected chi connectivity index (χ0v) is 10.9. The molecule has 0 amide bonds. The summed E-state index contributed by atoms with van der Waals surface area (Å²) < 4.78 is 19.5. The van der Waals surface area contributed by atoms with E-state index in [-0.39, 0.29) is 17.6 Å². The van der Waals surface area contributed by atoms with Crippen LogP contribution >= 0.6 is 0 Å². The highest BCUT2D eigenvalue weighted by Gasteiger charge is 2.22. The normalized spacial score (nSPS) is 23.7. The van der Waals surface area contributed by atoms with Gasteiger partial charge in [0.1, 0.15) is 0 Å². The van der Waals surface area contributed by atoms with Gasteiger partial charge < -0.3 is 4.74 Å². The van der Waals surface area contributed by atoms with E-state index in [1.54, 1.807) is 12.1 Å². The first-order valence-corrected chi connectivity index (χ1v) is 6.54. The molecule has 2 nitrogen and oxygen atoms in total. The number of Topliss-reactive ketones (excluding diaryl/α,β-unsaturated/α-hetero) is 1. The van der Waals surface area contributed by atoms with Gasteiger partial charge in [0.15, 0.2) is 17.3 Å². The Morgan fingerprint density at radius 2 is 1.94 bits per heavy atom. The number of hydrogen-bond donors (Lipinski definition) is 0. The van der Waals surface area contributed by atoms with E-state index in [0.717, 1.165) is 31.6 Å². The van der Waals surface area contributed by atoms with Crippen molar-refractivity contribution >= 4 is 5.78 Å². The molecule has 0 N–H and O–H groups in total. The molecular formula is C15H19FO2. The molecule has 0 aromatic heterocycles. The summed E-state index contributed by atoms with van der Waals surface area (Å²) in [5, 5.41) is 0. The van der Waals surface area contributed by atoms with Gasteiger partial charge in [-0.2, -0.15) is 0 Å². The summed E-state index contributed by atoms with van der Waals surface area (Å²) in [6.07, 6.45) is 4.12. The zero-order valence-electron chi connectivity index (χ0n) is 10.9. The molecule has 0 spiro atoms. The maximum atomic E-state index is 13.8. The lowest BCUT2D eigenvalue weighted by molar-refractivity contribution is 0.0991. The van der Waals surface area contributed by atoms with Gasteiger partial charge in [0, 0.05) is 0 Å². The molecule has 0 unspecified atom stereocenters. The Hall–Kier alpha value is -1.38. The molecule has 1 aliphatic rings. The van der Waals surface area contributed by atoms with Crippen molar-refractivity contribution in [2.45, 2.75) is 45.6 Å². The molecule has 0 bridgehead atoms. The molecule has 0 atom stereocenters. The Morgan fingerprint density at radius 3 is 2.56 bits per heavy atom. The summed E-state index contributed by atoms with van der Waals surface area (Å²) in [7, 11) is 0. The third-order valence-electron chi connectivity index (χ3n) is 3.59. The second kappa shape index (κ2) is 5.51. The molecule has 0 saturated heterocycles. The van der Waals surface area contributed by atoms with Gasteiger partial charge in [-0.05, 0) is 50.7 Å². The maximum Gasteiger partial charge on any atom is 0.166 e. The standard InChI is InChI=1S/C15H19FO2/c1-10-6-8-12(9-7-10)18-15-13(11(2)17)4-3-5-14(15)16/h3-5,10,12H,6-9H2,1-2H3. The van der Waals surface area contributed by atoms with Crippen molar-refractivity contribution in [3.05, 3.63) is 29.6 Å². The van der Waals surface area contributed by atoms with Crippen LogP contribution in [0.3, 0.4) is 0 Å². The smallest absolute Gasteiger partial charge is 0.166 e. The van der Waals surface area contributed by atoms with Crippen molar-refractivity contribution in [2.75, 3.05) is 0 Å². The van der Waals surface area contributed by atoms with Crippen molar-refractivity contribution in [3.63, 3.8) is 0 Å². The topological polar surface area (TPSA) is 26.3 Å². The van der Waals surface area contributed by atoms with Gasteiger partial charge in [0.2, 0.25) is 0 Å². The maximum absolute atomic E-state index is 13.8. The van der Waals surface area contributed by atoms with Crippen LogP contribution in [0, 0.1) is 11.7 Å². The van der Waals surface area contributed by atoms with Crippen LogP contribution in [0.15, 0.2) is 18.2 Å². The molecule has 3 heteroatoms. The van der Waals surface area contributed by atoms with Gasteiger partial charge in [-0.15, -0.1) is 0 Å². The summed E-state index contributed by atoms with van der Waals surface area (Å²) in [6, 6.07) is 4.50. The molecule has 1 aromatic rings. The molecule has 0 aliphatic heterocycles. The van der Waals surface area contributed by atoms with E-state index in [1.807, 2.05) is 0 Å². The Morgan fingerprint density at radius 1 is 1.28 bits per heavy atom. The lowest BCUT2D eigenvalue weighted by Crippen LogP contribution is -2.24. The molecule has 18 heavy (non-hydrogen) atoms. The van der Waals surface area contributed by atoms with E-state index in [4.69, 9.17) is 4.74 Å². The number of para-hydroxylation sites is 1. The van der Waals surface area contributed by atoms with Crippen LogP contribution in [0.1, 0.15) is 49.9 Å². The van der Waals surface area contributed by atoms with E-state index in [2.05, 4.69) is 6.92 Å². The third kappa shape index (κ3) is 2.89. The van der Waals surface area contributed by atoms with Crippen LogP contribution < -0.4 is 4.74 Å². The number of halogens is 1. The molecule has 0 heterocycles. The molecular weight excluding hydrogens is 231 g/mol. The monoisotopic (exact) mass is 250 g/mol. The minimum atomic E-state index is -0.443. The zero-order chi connectivity index (χ0) is 13.1. The number of rotatable bonds is 3. The third-order valence-corrected chi connectivity index (χ3v) is 3.59. The van der Waals surface area contributed by atoms with Crippen LogP contribution in [-0.4, -0.2) is 11.9 Å². The van der Waals surface area contributed by atoms with E-state index in [1.165, 1.54) is 13.0 Å². The quantitative estimate of drug-likeness (QED) is 0.758. The minimum Gasteiger partial charge on any atom is -0.487 e. The molecule has 98 valence electrons. The Labute approximate surface area is 107 Å². The van der Waals surface area contributed by atoms with Crippen molar-refractivity contribution in [3.8, 4) is 5.75 Å². The molecule has 1 aliphatic carbocycles. The molecule has 1 aromatic carbocycles. The van der Waals surface area contributed by atoms with Crippen LogP contribution in [0.4, 0.5) is 4.39 Å². The van der Waals surface area contributed by atoms with Crippen LogP contribution in [0.2, 0.25) is 0 Å². The Balaban J connectivity index is 2.15. The van der Waals surface area contributed by atoms with E-state index < -0.39 is 5.82 Å². The van der Waals surface area contributed by atoms with Crippen molar-refractivity contribution < 1.29 is 13.9 Å². The summed E-state index contributed by atoms with van der Waals surface area (Å²) in [5.41, 5.74) is 0.341. The highest BCUT2D eigenvalue weighted by Crippen LogP contribution is 2.30. The van der Waals surface area contributed by atoms with Gasteiger partial charge in [0.05, 0.1) is 11.7 Å². The minimum absolute atomic E-state index is 0.0381. The number of ketones is 1. The first-order chi connectivity index (χ1) is 8.58. The summed E-state index contributed by atoms with van der Waals surface area (Å²) in [4.78, 5) is 11.5. The fraction of sp³-hybridized carbons (Fsp3) is 0.533. The fourth-order valence-corrected chi connectivity index (χ4v) is 2.42. The molecule has 0 radical (unpaired) electrons. The van der Waals surface area contributed by atoms with Gasteiger partial charge in [-0.3, -0.25) is 4.79 Å². The second-order valence-electron chi connectivity index (χ2n) is 5.17. The Bertz CT molecular complexity index is 434. The molecule has 1 fully saturated rings. The largest absolute Gasteiger partial charge is 0.487 e. The van der Waals surface area contributed by atoms with Gasteiger partial charge in [-0.1, -0.05) is 13.0 Å². The average molecular weight is 250 g/mol. The highest BCUT2D eigenvalue weighted by atomic mass is 19.1. The predicted molar refractivity (Wildman–Crippen MR) is 68.5 cm³/mol. The predicted octanol–water partition coefficient (Wildman–Crippen LogP) is 3.99. The number of ether oxygens (including phenoxy) is 1. The average Bonchev–Trinajstić information content (AvgIpc) is 2.34. The SMILES string of the molecule is CC(=O)c1cccc(F)c1OC1CCC(C)CC1. The highest BCUT2D eigenvalue weighted by molar-refractivity contribution is 5.96. The number of benzene rings is 1. The number of carbonyl (C=O) groups is 1. The van der Waals surface area contributed by atoms with Crippen molar-refractivity contribution in [1.82, 2.24) is 0 Å². The van der Waals surface area contributed by atoms with Crippen LogP contribution in [-0.2, 0) is 0 Å². The lowest BCUT2D eigenvalue weighted by atomic mass is 9.89. The summed E-state index contributed by atoms with van der Waals surface area (Å²) >= 11 is 0. The van der Waals surface area contributed by atoms with Gasteiger partial charge in [-0.25, -0.2) is 4.39 Å². The van der Waals surface area contributed by atoms with Gasteiger partial charge in [0.25, 0.3) is 0 Å². The number of carbonyl (C=O) groups excluding carboxylic acids is 1. The van der Waals surface area contributed by atoms with E-state index in [9.17, 15) is 9.18 Å². The van der Waals surface area contributed by atoms with Crippen molar-refractivity contribution in [1.29, 1.82) is 0 Å². The van der Waals surface area contributed by atoms with Crippen LogP contribution in [0.25, 0.3) is 0 Å². The second-order valence-corrected chi connectivity index (χ2v) is 5.17. The van der Waals surface area contributed by atoms with Crippen molar-refractivity contribution in [2.24, 2.45) is 5.92 Å². The lowest BCUT2D eigenvalue weighted by Gasteiger charge is -2.27. The molecule has 1 saturated carbocycles. The first-order valence-electron chi connectivity index (χ1n) is 6.54. The fourth-order valence-electron chi connectivity index (χ4n) is 2.42. The Kier molecular flexibility index (Phi) is 4.00. The van der Waals surface area contributed by atoms with E-state index >= 15 is 0 Å².